The molecule has 0 aromatic rings. The van der Waals surface area contributed by atoms with Gasteiger partial charge in [0.2, 0.25) is 0 Å². The van der Waals surface area contributed by atoms with Gasteiger partial charge in [-0.05, 0) is 12.2 Å². The van der Waals surface area contributed by atoms with E-state index in [1.807, 2.05) is 0 Å². The van der Waals surface area contributed by atoms with E-state index >= 15 is 0 Å². The van der Waals surface area contributed by atoms with Gasteiger partial charge in [0, 0.05) is 6.08 Å². The van der Waals surface area contributed by atoms with E-state index in [-0.39, 0.29) is 11.6 Å². The minimum Gasteiger partial charge on any atom is -0.290 e. The summed E-state index contributed by atoms with van der Waals surface area (Å²) in [6.45, 7) is 5.25. The predicted molar refractivity (Wildman–Crippen MR) is 59.5 cm³/mol. The number of ketones is 2. The van der Waals surface area contributed by atoms with Crippen LogP contribution in [-0.4, -0.2) is 31.6 Å². The summed E-state index contributed by atoms with van der Waals surface area (Å²) < 4.78 is 0. The molecule has 0 aromatic heterocycles. The zero-order valence-corrected chi connectivity index (χ0v) is 9.61. The molecular weight excluding hydrogens is 203 g/mol. The molecule has 0 bridgehead atoms. The van der Waals surface area contributed by atoms with Crippen LogP contribution in [0.15, 0.2) is 23.1 Å². The third-order valence-electron chi connectivity index (χ3n) is 1.29. The lowest BCUT2D eigenvalue weighted by Gasteiger charge is -2.11. The standard InChI is InChI=1S/C9H12O2PS/c1-12(2,3)13-9-6-7(10)4-5-8(9)11/h4-6H,1-3H3/q+1. The van der Waals surface area contributed by atoms with Gasteiger partial charge in [-0.3, -0.25) is 9.59 Å². The first-order valence-corrected chi connectivity index (χ1v) is 8.43. The second-order valence-electron chi connectivity index (χ2n) is 3.59. The lowest BCUT2D eigenvalue weighted by molar-refractivity contribution is -0.114. The normalized spacial score (nSPS) is 17.6. The number of hydrogen-bond acceptors (Lipinski definition) is 3. The summed E-state index contributed by atoms with van der Waals surface area (Å²) >= 11 is 1.54. The van der Waals surface area contributed by atoms with Crippen molar-refractivity contribution < 1.29 is 9.59 Å². The van der Waals surface area contributed by atoms with E-state index < -0.39 is 6.46 Å². The van der Waals surface area contributed by atoms with Crippen LogP contribution in [0, 0.1) is 0 Å². The van der Waals surface area contributed by atoms with Crippen molar-refractivity contribution in [2.24, 2.45) is 0 Å². The van der Waals surface area contributed by atoms with Gasteiger partial charge in [0.1, 0.15) is 0 Å². The van der Waals surface area contributed by atoms with E-state index in [9.17, 15) is 9.59 Å². The summed E-state index contributed by atoms with van der Waals surface area (Å²) in [6, 6.07) is 0. The molecule has 0 fully saturated rings. The van der Waals surface area contributed by atoms with Crippen molar-refractivity contribution in [2.45, 2.75) is 0 Å². The Morgan fingerprint density at radius 3 is 2.31 bits per heavy atom. The maximum atomic E-state index is 11.3. The number of rotatable bonds is 2. The number of carbonyl (C=O) groups is 2. The molecule has 70 valence electrons. The maximum absolute atomic E-state index is 11.3. The van der Waals surface area contributed by atoms with E-state index in [0.717, 1.165) is 0 Å². The molecule has 1 aliphatic carbocycles. The molecule has 2 nitrogen and oxygen atoms in total. The molecular formula is C9H12O2PS+. The minimum absolute atomic E-state index is 0.0421. The Bertz CT molecular complexity index is 310. The summed E-state index contributed by atoms with van der Waals surface area (Å²) in [5.41, 5.74) is 0. The van der Waals surface area contributed by atoms with Crippen LogP contribution in [0.4, 0.5) is 0 Å². The smallest absolute Gasteiger partial charge is 0.195 e. The Labute approximate surface area is 82.6 Å². The van der Waals surface area contributed by atoms with Crippen molar-refractivity contribution in [3.05, 3.63) is 23.1 Å². The largest absolute Gasteiger partial charge is 0.290 e. The van der Waals surface area contributed by atoms with Crippen LogP contribution in [0.2, 0.25) is 0 Å². The Morgan fingerprint density at radius 1 is 1.15 bits per heavy atom. The highest BCUT2D eigenvalue weighted by Gasteiger charge is 2.26. The third-order valence-corrected chi connectivity index (χ3v) is 4.58. The number of hydrogen-bond donors (Lipinski definition) is 0. The molecule has 0 saturated carbocycles. The van der Waals surface area contributed by atoms with E-state index in [2.05, 4.69) is 20.0 Å². The van der Waals surface area contributed by atoms with Crippen molar-refractivity contribution in [1.82, 2.24) is 0 Å². The van der Waals surface area contributed by atoms with Gasteiger partial charge < -0.3 is 0 Å². The van der Waals surface area contributed by atoms with Crippen LogP contribution in [0.5, 0.6) is 0 Å². The van der Waals surface area contributed by atoms with Crippen LogP contribution < -0.4 is 0 Å². The van der Waals surface area contributed by atoms with Crippen LogP contribution in [0.1, 0.15) is 0 Å². The lowest BCUT2D eigenvalue weighted by Crippen LogP contribution is -2.05. The van der Waals surface area contributed by atoms with Crippen molar-refractivity contribution in [3.63, 3.8) is 0 Å². The average Bonchev–Trinajstić information content (AvgIpc) is 1.94. The summed E-state index contributed by atoms with van der Waals surface area (Å²) in [5.74, 6) is -0.130. The molecule has 0 unspecified atom stereocenters. The zero-order chi connectivity index (χ0) is 10.1. The maximum Gasteiger partial charge on any atom is 0.195 e. The van der Waals surface area contributed by atoms with Crippen LogP contribution in [-0.2, 0) is 9.59 Å². The van der Waals surface area contributed by atoms with Crippen LogP contribution in [0.3, 0.4) is 0 Å². The first-order chi connectivity index (χ1) is 5.88. The van der Waals surface area contributed by atoms with Crippen LogP contribution in [0.25, 0.3) is 0 Å². The van der Waals surface area contributed by atoms with E-state index in [1.165, 1.54) is 18.2 Å². The Kier molecular flexibility index (Phi) is 3.09. The fourth-order valence-electron chi connectivity index (χ4n) is 0.855. The minimum atomic E-state index is -1.11. The molecule has 1 aliphatic rings. The fraction of sp³-hybridized carbons (Fsp3) is 0.333. The molecule has 0 radical (unpaired) electrons. The second kappa shape index (κ2) is 3.77. The molecule has 4 heteroatoms. The second-order valence-corrected chi connectivity index (χ2v) is 11.8. The van der Waals surface area contributed by atoms with Crippen molar-refractivity contribution in [3.8, 4) is 0 Å². The lowest BCUT2D eigenvalue weighted by atomic mass is 10.2. The summed E-state index contributed by atoms with van der Waals surface area (Å²) in [7, 11) is 0. The molecule has 0 saturated heterocycles. The van der Waals surface area contributed by atoms with Gasteiger partial charge in [-0.2, -0.15) is 0 Å². The Morgan fingerprint density at radius 2 is 1.77 bits per heavy atom. The molecule has 1 rings (SSSR count). The quantitative estimate of drug-likeness (QED) is 0.522. The Hall–Kier alpha value is -0.400. The summed E-state index contributed by atoms with van der Waals surface area (Å²) in [6.07, 6.45) is 4.09. The van der Waals surface area contributed by atoms with E-state index in [0.29, 0.717) is 4.91 Å². The van der Waals surface area contributed by atoms with Gasteiger partial charge in [0.15, 0.2) is 11.6 Å². The highest BCUT2D eigenvalue weighted by molar-refractivity contribution is 8.63. The van der Waals surface area contributed by atoms with Crippen molar-refractivity contribution >= 4 is 29.4 Å². The van der Waals surface area contributed by atoms with Gasteiger partial charge in [-0.25, -0.2) is 0 Å². The Balaban J connectivity index is 2.80. The zero-order valence-electron chi connectivity index (χ0n) is 7.90. The SMILES string of the molecule is C[P+](C)(C)SC1=CC(=O)C=CC1=O. The topological polar surface area (TPSA) is 34.1 Å². The van der Waals surface area contributed by atoms with Crippen molar-refractivity contribution in [2.75, 3.05) is 20.0 Å². The molecule has 0 atom stereocenters. The highest BCUT2D eigenvalue weighted by atomic mass is 32.7. The van der Waals surface area contributed by atoms with Gasteiger partial charge in [-0.1, -0.05) is 0 Å². The van der Waals surface area contributed by atoms with Gasteiger partial charge >= 0.3 is 0 Å². The first-order valence-electron chi connectivity index (χ1n) is 3.87. The van der Waals surface area contributed by atoms with Crippen LogP contribution >= 0.6 is 17.8 Å². The molecule has 0 amide bonds. The van der Waals surface area contributed by atoms with Gasteiger partial charge in [0.05, 0.1) is 42.7 Å². The number of allylic oxidation sites excluding steroid dienone is 4. The monoisotopic (exact) mass is 215 g/mol. The molecule has 13 heavy (non-hydrogen) atoms. The van der Waals surface area contributed by atoms with Crippen molar-refractivity contribution in [1.29, 1.82) is 0 Å². The summed E-state index contributed by atoms with van der Waals surface area (Å²) in [4.78, 5) is 22.9. The number of carbonyl (C=O) groups excluding carboxylic acids is 2. The first kappa shape index (κ1) is 10.7. The third kappa shape index (κ3) is 3.45. The van der Waals surface area contributed by atoms with E-state index in [1.54, 1.807) is 11.4 Å². The van der Waals surface area contributed by atoms with Gasteiger partial charge in [-0.15, -0.1) is 0 Å². The average molecular weight is 215 g/mol. The molecule has 0 aromatic carbocycles. The molecule has 0 spiro atoms. The van der Waals surface area contributed by atoms with Gasteiger partial charge in [0.25, 0.3) is 0 Å². The molecule has 0 aliphatic heterocycles. The summed E-state index contributed by atoms with van der Waals surface area (Å²) in [5, 5.41) is 0. The molecule has 0 N–H and O–H groups in total. The molecule has 0 heterocycles. The predicted octanol–water partition coefficient (Wildman–Crippen LogP) is 2.13. The highest BCUT2D eigenvalue weighted by Crippen LogP contribution is 2.63. The fourth-order valence-corrected chi connectivity index (χ4v) is 3.97. The van der Waals surface area contributed by atoms with E-state index in [4.69, 9.17) is 0 Å².